The summed E-state index contributed by atoms with van der Waals surface area (Å²) in [6, 6.07) is 15.7. The van der Waals surface area contributed by atoms with Crippen molar-refractivity contribution >= 4 is 35.0 Å². The van der Waals surface area contributed by atoms with Crippen molar-refractivity contribution in [1.29, 1.82) is 0 Å². The summed E-state index contributed by atoms with van der Waals surface area (Å²) in [6.07, 6.45) is -1.15. The first-order valence-corrected chi connectivity index (χ1v) is 7.75. The van der Waals surface area contributed by atoms with Crippen molar-refractivity contribution in [3.05, 3.63) is 60.2 Å². The number of fused-ring (bicyclic) bond motifs is 1. The lowest BCUT2D eigenvalue weighted by atomic mass is 10.1. The molecule has 3 aromatic rings. The quantitative estimate of drug-likeness (QED) is 0.422. The first-order valence-electron chi connectivity index (χ1n) is 7.75. The molecule has 0 aliphatic rings. The number of rotatable bonds is 4. The third-order valence-corrected chi connectivity index (χ3v) is 3.37. The molecule has 1 heterocycles. The minimum absolute atomic E-state index is 0.00717. The number of nitrogens with one attached hydrogen (secondary N) is 1. The Morgan fingerprint density at radius 1 is 1.15 bits per heavy atom. The zero-order chi connectivity index (χ0) is 18.5. The highest BCUT2D eigenvalue weighted by Crippen LogP contribution is 2.20. The predicted octanol–water partition coefficient (Wildman–Crippen LogP) is 2.19. The van der Waals surface area contributed by atoms with Crippen molar-refractivity contribution in [2.45, 2.75) is 13.0 Å². The maximum Gasteiger partial charge on any atom is 0.325 e. The first kappa shape index (κ1) is 17.2. The number of benzene rings is 2. The van der Waals surface area contributed by atoms with Gasteiger partial charge >= 0.3 is 12.0 Å². The van der Waals surface area contributed by atoms with E-state index < -0.39 is 18.0 Å². The van der Waals surface area contributed by atoms with Crippen LogP contribution in [0.25, 0.3) is 11.1 Å². The zero-order valence-electron chi connectivity index (χ0n) is 13.9. The van der Waals surface area contributed by atoms with Crippen molar-refractivity contribution in [2.75, 3.05) is 0 Å². The van der Waals surface area contributed by atoms with Gasteiger partial charge in [0.05, 0.1) is 0 Å². The van der Waals surface area contributed by atoms with Crippen LogP contribution < -0.4 is 11.1 Å². The Morgan fingerprint density at radius 2 is 1.85 bits per heavy atom. The number of hydrogen-bond donors (Lipinski definition) is 2. The number of aromatic nitrogens is 1. The molecule has 8 heteroatoms. The fourth-order valence-electron chi connectivity index (χ4n) is 2.30. The molecule has 0 radical (unpaired) electrons. The lowest BCUT2D eigenvalue weighted by Crippen LogP contribution is -2.40. The lowest BCUT2D eigenvalue weighted by Gasteiger charge is -2.16. The minimum Gasteiger partial charge on any atom is -0.447 e. The van der Waals surface area contributed by atoms with Crippen LogP contribution in [0.5, 0.6) is 0 Å². The molecule has 132 valence electrons. The number of para-hydroxylation sites is 2. The Labute approximate surface area is 148 Å². The Balaban J connectivity index is 1.78. The molecule has 0 unspecified atom stereocenters. The molecular formula is C18H16N4O4. The average Bonchev–Trinajstić information content (AvgIpc) is 3.02. The number of nitrogens with zero attached hydrogens (tertiary/aromatic N) is 2. The van der Waals surface area contributed by atoms with Crippen LogP contribution in [0, 0.1) is 0 Å². The summed E-state index contributed by atoms with van der Waals surface area (Å²) in [7, 11) is 0. The summed E-state index contributed by atoms with van der Waals surface area (Å²) in [5.74, 6) is -1.46. The highest BCUT2D eigenvalue weighted by molar-refractivity contribution is 5.99. The number of carbonyl (C=O) groups excluding carboxylic acids is 2. The van der Waals surface area contributed by atoms with Gasteiger partial charge in [0.1, 0.15) is 5.52 Å². The van der Waals surface area contributed by atoms with E-state index in [9.17, 15) is 9.59 Å². The van der Waals surface area contributed by atoms with E-state index in [0.717, 1.165) is 0 Å². The van der Waals surface area contributed by atoms with Gasteiger partial charge in [-0.15, -0.1) is 0 Å². The van der Waals surface area contributed by atoms with E-state index in [2.05, 4.69) is 15.3 Å². The van der Waals surface area contributed by atoms with Crippen molar-refractivity contribution in [3.63, 3.8) is 0 Å². The Hall–Kier alpha value is -3.68. The third-order valence-electron chi connectivity index (χ3n) is 3.37. The van der Waals surface area contributed by atoms with Gasteiger partial charge in [-0.05, 0) is 12.1 Å². The van der Waals surface area contributed by atoms with E-state index in [-0.39, 0.29) is 12.0 Å². The second-order valence-electron chi connectivity index (χ2n) is 5.35. The number of guanidine groups is 1. The Morgan fingerprint density at radius 3 is 2.54 bits per heavy atom. The van der Waals surface area contributed by atoms with Gasteiger partial charge in [0, 0.05) is 12.5 Å². The molecule has 1 atom stereocenters. The summed E-state index contributed by atoms with van der Waals surface area (Å²) in [4.78, 5) is 31.8. The molecule has 3 N–H and O–H groups in total. The van der Waals surface area contributed by atoms with Gasteiger partial charge < -0.3 is 14.9 Å². The SMILES string of the molecule is CC(=O)O[C@H](C(=O)NC(N)=Nc1nc2ccccc2o1)c1ccccc1. The van der Waals surface area contributed by atoms with E-state index in [4.69, 9.17) is 14.9 Å². The second kappa shape index (κ2) is 7.47. The zero-order valence-corrected chi connectivity index (χ0v) is 13.9. The molecule has 0 aliphatic carbocycles. The first-order chi connectivity index (χ1) is 12.5. The van der Waals surface area contributed by atoms with E-state index in [1.165, 1.54) is 6.92 Å². The molecule has 3 rings (SSSR count). The number of nitrogens with two attached hydrogens (primary N) is 1. The number of ether oxygens (including phenoxy) is 1. The molecule has 0 saturated carbocycles. The monoisotopic (exact) mass is 352 g/mol. The fraction of sp³-hybridized carbons (Fsp3) is 0.111. The number of oxazole rings is 1. The largest absolute Gasteiger partial charge is 0.447 e. The van der Waals surface area contributed by atoms with Crippen LogP contribution in [0.3, 0.4) is 0 Å². The van der Waals surface area contributed by atoms with Crippen molar-refractivity contribution < 1.29 is 18.7 Å². The van der Waals surface area contributed by atoms with Crippen molar-refractivity contribution in [3.8, 4) is 0 Å². The van der Waals surface area contributed by atoms with Gasteiger partial charge in [-0.1, -0.05) is 42.5 Å². The molecule has 0 bridgehead atoms. The maximum absolute atomic E-state index is 12.5. The van der Waals surface area contributed by atoms with Crippen LogP contribution in [-0.2, 0) is 14.3 Å². The smallest absolute Gasteiger partial charge is 0.325 e. The summed E-state index contributed by atoms with van der Waals surface area (Å²) >= 11 is 0. The molecule has 2 aromatic carbocycles. The molecule has 0 aliphatic heterocycles. The summed E-state index contributed by atoms with van der Waals surface area (Å²) in [6.45, 7) is 1.22. The molecule has 8 nitrogen and oxygen atoms in total. The number of esters is 1. The van der Waals surface area contributed by atoms with Crippen LogP contribution in [-0.4, -0.2) is 22.8 Å². The normalized spacial score (nSPS) is 12.6. The average molecular weight is 352 g/mol. The minimum atomic E-state index is -1.15. The number of carbonyl (C=O) groups is 2. The van der Waals surface area contributed by atoms with Crippen LogP contribution >= 0.6 is 0 Å². The topological polar surface area (TPSA) is 120 Å². The summed E-state index contributed by atoms with van der Waals surface area (Å²) in [5, 5.41) is 2.39. The molecule has 0 spiro atoms. The van der Waals surface area contributed by atoms with Gasteiger partial charge in [0.15, 0.2) is 5.58 Å². The van der Waals surface area contributed by atoms with Crippen LogP contribution in [0.2, 0.25) is 0 Å². The third kappa shape index (κ3) is 4.04. The number of hydrogen-bond acceptors (Lipinski definition) is 6. The van der Waals surface area contributed by atoms with Crippen LogP contribution in [0.15, 0.2) is 64.0 Å². The van der Waals surface area contributed by atoms with Crippen molar-refractivity contribution in [1.82, 2.24) is 10.3 Å². The number of amides is 1. The van der Waals surface area contributed by atoms with Gasteiger partial charge in [-0.3, -0.25) is 14.9 Å². The fourth-order valence-corrected chi connectivity index (χ4v) is 2.30. The van der Waals surface area contributed by atoms with E-state index in [0.29, 0.717) is 16.7 Å². The summed E-state index contributed by atoms with van der Waals surface area (Å²) < 4.78 is 10.5. The van der Waals surface area contributed by atoms with Gasteiger partial charge in [-0.2, -0.15) is 9.98 Å². The highest BCUT2D eigenvalue weighted by atomic mass is 16.5. The molecule has 26 heavy (non-hydrogen) atoms. The molecule has 1 amide bonds. The van der Waals surface area contributed by atoms with Gasteiger partial charge in [-0.25, -0.2) is 0 Å². The van der Waals surface area contributed by atoms with Gasteiger partial charge in [0.2, 0.25) is 12.1 Å². The second-order valence-corrected chi connectivity index (χ2v) is 5.35. The lowest BCUT2D eigenvalue weighted by molar-refractivity contribution is -0.153. The molecule has 1 aromatic heterocycles. The van der Waals surface area contributed by atoms with Crippen LogP contribution in [0.4, 0.5) is 6.01 Å². The Kier molecular flexibility index (Phi) is 4.93. The molecule has 0 saturated heterocycles. The Bertz CT molecular complexity index is 932. The number of aliphatic imine (C=N–C) groups is 1. The van der Waals surface area contributed by atoms with E-state index in [1.54, 1.807) is 48.5 Å². The van der Waals surface area contributed by atoms with E-state index in [1.807, 2.05) is 6.07 Å². The van der Waals surface area contributed by atoms with Gasteiger partial charge in [0.25, 0.3) is 5.91 Å². The maximum atomic E-state index is 12.5. The standard InChI is InChI=1S/C18H16N4O4/c1-11(23)25-15(12-7-3-2-4-8-12)16(24)21-17(19)22-18-20-13-9-5-6-10-14(13)26-18/h2-10,15H,1H3,(H3,19,20,21,22,24)/t15-/m0/s1. The van der Waals surface area contributed by atoms with Crippen molar-refractivity contribution in [2.24, 2.45) is 10.7 Å². The molecule has 0 fully saturated rings. The summed E-state index contributed by atoms with van der Waals surface area (Å²) in [5.41, 5.74) is 7.43. The predicted molar refractivity (Wildman–Crippen MR) is 94.4 cm³/mol. The highest BCUT2D eigenvalue weighted by Gasteiger charge is 2.24. The van der Waals surface area contributed by atoms with Crippen LogP contribution in [0.1, 0.15) is 18.6 Å². The van der Waals surface area contributed by atoms with E-state index >= 15 is 0 Å². The molecular weight excluding hydrogens is 336 g/mol.